The summed E-state index contributed by atoms with van der Waals surface area (Å²) in [5.74, 6) is 0.0451. The van der Waals surface area contributed by atoms with Crippen LogP contribution in [0.1, 0.15) is 23.1 Å². The van der Waals surface area contributed by atoms with E-state index in [9.17, 15) is 13.2 Å². The van der Waals surface area contributed by atoms with Crippen LogP contribution in [-0.4, -0.2) is 26.7 Å². The van der Waals surface area contributed by atoms with Crippen molar-refractivity contribution >= 4 is 45.5 Å². The van der Waals surface area contributed by atoms with Crippen molar-refractivity contribution in [3.05, 3.63) is 89.5 Å². The number of sulfonamides is 1. The Balaban J connectivity index is 0.00000306. The van der Waals surface area contributed by atoms with Crippen LogP contribution < -0.4 is 15.4 Å². The maximum Gasteiger partial charge on any atom is 0.261 e. The first kappa shape index (κ1) is 24.3. The molecular weight excluding hydrogens is 460 g/mol. The molecule has 0 fully saturated rings. The molecule has 9 heteroatoms. The normalized spacial score (nSPS) is 12.5. The summed E-state index contributed by atoms with van der Waals surface area (Å²) in [6, 6.07) is 20.8. The maximum absolute atomic E-state index is 12.8. The molecule has 1 aliphatic heterocycles. The summed E-state index contributed by atoms with van der Waals surface area (Å²) in [6.45, 7) is 0.576. The van der Waals surface area contributed by atoms with Gasteiger partial charge < -0.3 is 10.6 Å². The largest absolute Gasteiger partial charge is 0.384 e. The molecule has 0 spiro atoms. The number of carbonyl (C=O) groups is 1. The summed E-state index contributed by atoms with van der Waals surface area (Å²) in [4.78, 5) is 14.8. The third-order valence-electron chi connectivity index (χ3n) is 5.47. The predicted octanol–water partition coefficient (Wildman–Crippen LogP) is 3.72. The third kappa shape index (κ3) is 5.53. The monoisotopic (exact) mass is 484 g/mol. The van der Waals surface area contributed by atoms with Crippen LogP contribution in [0.5, 0.6) is 0 Å². The van der Waals surface area contributed by atoms with Crippen LogP contribution in [0.4, 0.5) is 11.4 Å². The number of carbonyl (C=O) groups excluding carboxylic acids is 1. The van der Waals surface area contributed by atoms with Crippen LogP contribution in [0.25, 0.3) is 0 Å². The molecular formula is C24H25ClN4O3S. The van der Waals surface area contributed by atoms with Crippen LogP contribution in [-0.2, 0) is 27.7 Å². The van der Waals surface area contributed by atoms with Crippen LogP contribution >= 0.6 is 12.4 Å². The molecule has 0 bridgehead atoms. The van der Waals surface area contributed by atoms with Gasteiger partial charge in [-0.05, 0) is 54.3 Å². The zero-order valence-electron chi connectivity index (χ0n) is 17.8. The summed E-state index contributed by atoms with van der Waals surface area (Å²) >= 11 is 0. The Kier molecular flexibility index (Phi) is 7.40. The molecule has 7 nitrogen and oxygen atoms in total. The lowest BCUT2D eigenvalue weighted by Gasteiger charge is -2.18. The number of fused-ring (bicyclic) bond motifs is 1. The van der Waals surface area contributed by atoms with E-state index in [2.05, 4.69) is 4.72 Å². The fourth-order valence-electron chi connectivity index (χ4n) is 3.78. The van der Waals surface area contributed by atoms with E-state index >= 15 is 0 Å². The smallest absolute Gasteiger partial charge is 0.261 e. The molecule has 1 aliphatic rings. The van der Waals surface area contributed by atoms with Crippen LogP contribution in [0, 0.1) is 5.41 Å². The Labute approximate surface area is 199 Å². The van der Waals surface area contributed by atoms with E-state index in [4.69, 9.17) is 11.1 Å². The van der Waals surface area contributed by atoms with Gasteiger partial charge >= 0.3 is 0 Å². The highest BCUT2D eigenvalue weighted by Crippen LogP contribution is 2.32. The molecule has 0 radical (unpaired) electrons. The number of nitrogens with two attached hydrogens (primary N) is 1. The number of nitrogens with one attached hydrogen (secondary N) is 2. The van der Waals surface area contributed by atoms with E-state index in [1.54, 1.807) is 65.6 Å². The lowest BCUT2D eigenvalue weighted by molar-refractivity contribution is -0.118. The number of benzene rings is 3. The van der Waals surface area contributed by atoms with Crippen molar-refractivity contribution < 1.29 is 13.2 Å². The number of nitrogens with zero attached hydrogens (tertiary/aromatic N) is 1. The molecule has 3 aromatic carbocycles. The standard InChI is InChI=1S/C24H24N4O3S.ClH/c25-24(26)18-9-6-17(7-10-18)8-13-23(29)28-15-14-19-16-20(11-12-22(19)28)27-32(30,31)21-4-2-1-3-5-21;/h1-7,9-12,16,27H,8,13-15H2,(H3,25,26);1H. The lowest BCUT2D eigenvalue weighted by Crippen LogP contribution is -2.29. The minimum atomic E-state index is -3.66. The first-order chi connectivity index (χ1) is 15.3. The van der Waals surface area contributed by atoms with Gasteiger partial charge in [-0.1, -0.05) is 42.5 Å². The van der Waals surface area contributed by atoms with Crippen LogP contribution in [0.15, 0.2) is 77.7 Å². The average Bonchev–Trinajstić information content (AvgIpc) is 3.21. The second-order valence-corrected chi connectivity index (χ2v) is 9.35. The number of amidine groups is 1. The van der Waals surface area contributed by atoms with Crippen molar-refractivity contribution in [2.45, 2.75) is 24.2 Å². The summed E-state index contributed by atoms with van der Waals surface area (Å²) in [6.07, 6.45) is 1.63. The second-order valence-electron chi connectivity index (χ2n) is 7.67. The van der Waals surface area contributed by atoms with Crippen molar-refractivity contribution in [2.75, 3.05) is 16.2 Å². The minimum absolute atomic E-state index is 0. The van der Waals surface area contributed by atoms with E-state index in [1.165, 1.54) is 0 Å². The molecule has 1 amide bonds. The molecule has 33 heavy (non-hydrogen) atoms. The number of rotatable bonds is 7. The number of amides is 1. The SMILES string of the molecule is Cl.N=C(N)c1ccc(CCC(=O)N2CCc3cc(NS(=O)(=O)c4ccccc4)ccc32)cc1. The van der Waals surface area contributed by atoms with Crippen molar-refractivity contribution in [3.8, 4) is 0 Å². The first-order valence-corrected chi connectivity index (χ1v) is 11.8. The van der Waals surface area contributed by atoms with E-state index in [1.807, 2.05) is 12.1 Å². The maximum atomic E-state index is 12.8. The van der Waals surface area contributed by atoms with Crippen LogP contribution in [0.2, 0.25) is 0 Å². The molecule has 0 unspecified atom stereocenters. The molecule has 0 saturated carbocycles. The average molecular weight is 485 g/mol. The van der Waals surface area contributed by atoms with E-state index < -0.39 is 10.0 Å². The Morgan fingerprint density at radius 3 is 2.39 bits per heavy atom. The number of halogens is 1. The van der Waals surface area contributed by atoms with Crippen molar-refractivity contribution in [1.82, 2.24) is 0 Å². The number of hydrogen-bond donors (Lipinski definition) is 3. The van der Waals surface area contributed by atoms with Crippen molar-refractivity contribution in [1.29, 1.82) is 5.41 Å². The molecule has 4 rings (SSSR count). The Hall–Kier alpha value is -3.36. The molecule has 4 N–H and O–H groups in total. The zero-order valence-corrected chi connectivity index (χ0v) is 19.5. The van der Waals surface area contributed by atoms with Crippen molar-refractivity contribution in [2.24, 2.45) is 5.73 Å². The first-order valence-electron chi connectivity index (χ1n) is 10.3. The van der Waals surface area contributed by atoms with Gasteiger partial charge in [0, 0.05) is 29.9 Å². The van der Waals surface area contributed by atoms with Gasteiger partial charge in [0.25, 0.3) is 10.0 Å². The highest BCUT2D eigenvalue weighted by molar-refractivity contribution is 7.92. The van der Waals surface area contributed by atoms with Gasteiger partial charge in [-0.2, -0.15) is 0 Å². The van der Waals surface area contributed by atoms with Gasteiger partial charge in [0.1, 0.15) is 5.84 Å². The summed E-state index contributed by atoms with van der Waals surface area (Å²) in [7, 11) is -3.66. The number of aryl methyl sites for hydroxylation is 1. The van der Waals surface area contributed by atoms with E-state index in [0.29, 0.717) is 37.1 Å². The third-order valence-corrected chi connectivity index (χ3v) is 6.87. The summed E-state index contributed by atoms with van der Waals surface area (Å²) in [5.41, 5.74) is 9.38. The zero-order chi connectivity index (χ0) is 22.7. The van der Waals surface area contributed by atoms with Gasteiger partial charge in [-0.25, -0.2) is 8.42 Å². The Morgan fingerprint density at radius 1 is 1.03 bits per heavy atom. The van der Waals surface area contributed by atoms with E-state index in [0.717, 1.165) is 16.8 Å². The quantitative estimate of drug-likeness (QED) is 0.350. The van der Waals surface area contributed by atoms with Crippen molar-refractivity contribution in [3.63, 3.8) is 0 Å². The van der Waals surface area contributed by atoms with Gasteiger partial charge in [-0.3, -0.25) is 14.9 Å². The van der Waals surface area contributed by atoms with Crippen LogP contribution in [0.3, 0.4) is 0 Å². The van der Waals surface area contributed by atoms with Gasteiger partial charge in [0.2, 0.25) is 5.91 Å². The Morgan fingerprint density at radius 2 is 1.73 bits per heavy atom. The predicted molar refractivity (Wildman–Crippen MR) is 133 cm³/mol. The summed E-state index contributed by atoms with van der Waals surface area (Å²) < 4.78 is 27.7. The molecule has 1 heterocycles. The second kappa shape index (κ2) is 10.1. The molecule has 172 valence electrons. The molecule has 3 aromatic rings. The molecule has 0 aromatic heterocycles. The topological polar surface area (TPSA) is 116 Å². The highest BCUT2D eigenvalue weighted by atomic mass is 35.5. The molecule has 0 saturated heterocycles. The van der Waals surface area contributed by atoms with E-state index in [-0.39, 0.29) is 29.0 Å². The van der Waals surface area contributed by atoms with Gasteiger partial charge in [0.15, 0.2) is 0 Å². The fraction of sp³-hybridized carbons (Fsp3) is 0.167. The minimum Gasteiger partial charge on any atom is -0.384 e. The lowest BCUT2D eigenvalue weighted by atomic mass is 10.1. The molecule has 0 aliphatic carbocycles. The molecule has 0 atom stereocenters. The summed E-state index contributed by atoms with van der Waals surface area (Å²) in [5, 5.41) is 7.44. The number of nitrogen functional groups attached to an aromatic ring is 1. The number of hydrogen-bond acceptors (Lipinski definition) is 4. The highest BCUT2D eigenvalue weighted by Gasteiger charge is 2.25. The van der Waals surface area contributed by atoms with Gasteiger partial charge in [0.05, 0.1) is 4.90 Å². The fourth-order valence-corrected chi connectivity index (χ4v) is 4.85. The number of anilines is 2. The Bertz CT molecular complexity index is 1260. The van der Waals surface area contributed by atoms with Gasteiger partial charge in [-0.15, -0.1) is 12.4 Å².